The lowest BCUT2D eigenvalue weighted by Crippen LogP contribution is -2.22. The highest BCUT2D eigenvalue weighted by molar-refractivity contribution is 5.58. The molecule has 0 amide bonds. The van der Waals surface area contributed by atoms with E-state index in [2.05, 4.69) is 27.1 Å². The second-order valence-corrected chi connectivity index (χ2v) is 5.34. The summed E-state index contributed by atoms with van der Waals surface area (Å²) in [6, 6.07) is 9.95. The summed E-state index contributed by atoms with van der Waals surface area (Å²) in [6.07, 6.45) is 1.57. The zero-order valence-electron chi connectivity index (χ0n) is 12.9. The molecule has 0 aliphatic rings. The molecule has 0 aliphatic carbocycles. The fourth-order valence-electron chi connectivity index (χ4n) is 2.27. The van der Waals surface area contributed by atoms with Gasteiger partial charge in [-0.3, -0.25) is 4.90 Å². The summed E-state index contributed by atoms with van der Waals surface area (Å²) in [4.78, 5) is 6.56. The Morgan fingerprint density at radius 2 is 2.00 bits per heavy atom. The number of benzene rings is 1. The highest BCUT2D eigenvalue weighted by atomic mass is 16.5. The third-order valence-electron chi connectivity index (χ3n) is 3.79. The van der Waals surface area contributed by atoms with E-state index in [1.807, 2.05) is 44.3 Å². The first-order valence-electron chi connectivity index (χ1n) is 7.14. The molecule has 6 heteroatoms. The van der Waals surface area contributed by atoms with Crippen LogP contribution in [0.5, 0.6) is 0 Å². The van der Waals surface area contributed by atoms with Crippen LogP contribution in [0.1, 0.15) is 30.1 Å². The number of nitrogens with zero attached hydrogens (tertiary/aromatic N) is 4. The predicted molar refractivity (Wildman–Crippen MR) is 80.9 cm³/mol. The molecule has 1 atom stereocenters. The van der Waals surface area contributed by atoms with E-state index in [0.717, 1.165) is 16.8 Å². The zero-order chi connectivity index (χ0) is 15.5. The van der Waals surface area contributed by atoms with Crippen LogP contribution in [0.3, 0.4) is 0 Å². The molecule has 1 aromatic carbocycles. The molecule has 22 heavy (non-hydrogen) atoms. The summed E-state index contributed by atoms with van der Waals surface area (Å²) in [7, 11) is 1.98. The predicted octanol–water partition coefficient (Wildman–Crippen LogP) is 3.23. The van der Waals surface area contributed by atoms with E-state index in [1.165, 1.54) is 0 Å². The molecule has 2 aromatic heterocycles. The minimum Gasteiger partial charge on any atom is -0.364 e. The molecule has 0 aliphatic heterocycles. The lowest BCUT2D eigenvalue weighted by molar-refractivity contribution is 0.208. The van der Waals surface area contributed by atoms with Gasteiger partial charge < -0.3 is 9.05 Å². The fraction of sp³-hybridized carbons (Fsp3) is 0.312. The van der Waals surface area contributed by atoms with Gasteiger partial charge in [0.1, 0.15) is 12.0 Å². The first-order chi connectivity index (χ1) is 10.6. The summed E-state index contributed by atoms with van der Waals surface area (Å²) in [5.74, 6) is 1.20. The van der Waals surface area contributed by atoms with Crippen molar-refractivity contribution in [3.05, 3.63) is 53.7 Å². The summed E-state index contributed by atoms with van der Waals surface area (Å²) in [6.45, 7) is 4.63. The first kappa shape index (κ1) is 14.5. The van der Waals surface area contributed by atoms with E-state index >= 15 is 0 Å². The van der Waals surface area contributed by atoms with Crippen molar-refractivity contribution in [3.8, 4) is 11.4 Å². The Morgan fingerprint density at radius 1 is 1.18 bits per heavy atom. The van der Waals surface area contributed by atoms with Crippen LogP contribution in [-0.4, -0.2) is 27.2 Å². The highest BCUT2D eigenvalue weighted by Gasteiger charge is 2.18. The van der Waals surface area contributed by atoms with Gasteiger partial charge in [0, 0.05) is 11.6 Å². The van der Waals surface area contributed by atoms with Crippen LogP contribution in [0, 0.1) is 6.92 Å². The summed E-state index contributed by atoms with van der Waals surface area (Å²) >= 11 is 0. The Hall–Kier alpha value is -2.47. The van der Waals surface area contributed by atoms with E-state index in [1.54, 1.807) is 6.26 Å². The molecule has 3 aromatic rings. The molecule has 0 fully saturated rings. The van der Waals surface area contributed by atoms with Gasteiger partial charge in [0.25, 0.3) is 0 Å². The normalized spacial score (nSPS) is 12.7. The Balaban J connectivity index is 1.73. The Morgan fingerprint density at radius 3 is 2.73 bits per heavy atom. The molecular weight excluding hydrogens is 280 g/mol. The van der Waals surface area contributed by atoms with Crippen LogP contribution in [0.4, 0.5) is 0 Å². The molecule has 0 bridgehead atoms. The van der Waals surface area contributed by atoms with Gasteiger partial charge in [-0.05, 0) is 26.5 Å². The average Bonchev–Trinajstić information content (AvgIpc) is 3.18. The van der Waals surface area contributed by atoms with Crippen molar-refractivity contribution < 1.29 is 9.05 Å². The smallest absolute Gasteiger partial charge is 0.241 e. The van der Waals surface area contributed by atoms with E-state index in [4.69, 9.17) is 9.05 Å². The molecule has 0 unspecified atom stereocenters. The first-order valence-corrected chi connectivity index (χ1v) is 7.14. The van der Waals surface area contributed by atoms with Crippen LogP contribution in [-0.2, 0) is 6.54 Å². The van der Waals surface area contributed by atoms with Crippen molar-refractivity contribution in [1.29, 1.82) is 0 Å². The minimum atomic E-state index is 0.104. The van der Waals surface area contributed by atoms with Gasteiger partial charge in [-0.15, -0.1) is 0 Å². The van der Waals surface area contributed by atoms with E-state index in [9.17, 15) is 0 Å². The standard InChI is InChI=1S/C16H18N4O2/c1-11-6-4-5-7-13(11)16-17-15(22-19-16)10-20(3)12(2)14-8-9-21-18-14/h4-9,12H,10H2,1-3H3/t12-/m1/s1. The van der Waals surface area contributed by atoms with Crippen molar-refractivity contribution in [1.82, 2.24) is 20.2 Å². The molecule has 0 saturated carbocycles. The molecular formula is C16H18N4O2. The molecule has 2 heterocycles. The molecule has 6 nitrogen and oxygen atoms in total. The van der Waals surface area contributed by atoms with Crippen LogP contribution >= 0.6 is 0 Å². The lowest BCUT2D eigenvalue weighted by atomic mass is 10.1. The van der Waals surface area contributed by atoms with Gasteiger partial charge in [-0.2, -0.15) is 4.98 Å². The fourth-order valence-corrected chi connectivity index (χ4v) is 2.27. The molecule has 0 N–H and O–H groups in total. The second kappa shape index (κ2) is 6.11. The van der Waals surface area contributed by atoms with Gasteiger partial charge in [0.05, 0.1) is 12.6 Å². The Kier molecular flexibility index (Phi) is 4.02. The SMILES string of the molecule is Cc1ccccc1-c1noc(CN(C)[C@H](C)c2ccon2)n1. The largest absolute Gasteiger partial charge is 0.364 e. The minimum absolute atomic E-state index is 0.104. The van der Waals surface area contributed by atoms with E-state index < -0.39 is 0 Å². The van der Waals surface area contributed by atoms with Crippen molar-refractivity contribution in [3.63, 3.8) is 0 Å². The number of hydrogen-bond donors (Lipinski definition) is 0. The molecule has 0 spiro atoms. The maximum Gasteiger partial charge on any atom is 0.241 e. The van der Waals surface area contributed by atoms with Gasteiger partial charge >= 0.3 is 0 Å². The van der Waals surface area contributed by atoms with Gasteiger partial charge in [0.15, 0.2) is 0 Å². The monoisotopic (exact) mass is 298 g/mol. The lowest BCUT2D eigenvalue weighted by Gasteiger charge is -2.20. The number of hydrogen-bond acceptors (Lipinski definition) is 6. The summed E-state index contributed by atoms with van der Waals surface area (Å²) in [5.41, 5.74) is 2.99. The van der Waals surface area contributed by atoms with E-state index in [0.29, 0.717) is 18.3 Å². The van der Waals surface area contributed by atoms with Crippen molar-refractivity contribution in [2.75, 3.05) is 7.05 Å². The number of aryl methyl sites for hydroxylation is 1. The van der Waals surface area contributed by atoms with E-state index in [-0.39, 0.29) is 6.04 Å². The van der Waals surface area contributed by atoms with Crippen LogP contribution < -0.4 is 0 Å². The third kappa shape index (κ3) is 2.92. The van der Waals surface area contributed by atoms with Crippen LogP contribution in [0.25, 0.3) is 11.4 Å². The zero-order valence-corrected chi connectivity index (χ0v) is 12.9. The number of rotatable bonds is 5. The maximum atomic E-state index is 5.37. The van der Waals surface area contributed by atoms with Gasteiger partial charge in [-0.1, -0.05) is 34.6 Å². The second-order valence-electron chi connectivity index (χ2n) is 5.34. The van der Waals surface area contributed by atoms with Gasteiger partial charge in [0.2, 0.25) is 11.7 Å². The quantitative estimate of drug-likeness (QED) is 0.720. The third-order valence-corrected chi connectivity index (χ3v) is 3.79. The van der Waals surface area contributed by atoms with Crippen LogP contribution in [0.2, 0.25) is 0 Å². The molecule has 3 rings (SSSR count). The Bertz CT molecular complexity index is 736. The highest BCUT2D eigenvalue weighted by Crippen LogP contribution is 2.22. The topological polar surface area (TPSA) is 68.2 Å². The molecule has 0 saturated heterocycles. The summed E-state index contributed by atoms with van der Waals surface area (Å²) in [5, 5.41) is 8.04. The maximum absolute atomic E-state index is 5.37. The Labute approximate surface area is 128 Å². The molecule has 114 valence electrons. The van der Waals surface area contributed by atoms with Crippen LogP contribution in [0.15, 0.2) is 45.6 Å². The van der Waals surface area contributed by atoms with Crippen molar-refractivity contribution >= 4 is 0 Å². The average molecular weight is 298 g/mol. The summed E-state index contributed by atoms with van der Waals surface area (Å²) < 4.78 is 10.2. The van der Waals surface area contributed by atoms with Crippen molar-refractivity contribution in [2.45, 2.75) is 26.4 Å². The molecule has 0 radical (unpaired) electrons. The van der Waals surface area contributed by atoms with Gasteiger partial charge in [-0.25, -0.2) is 0 Å². The number of aromatic nitrogens is 3. The van der Waals surface area contributed by atoms with Crippen molar-refractivity contribution in [2.24, 2.45) is 0 Å².